The van der Waals surface area contributed by atoms with Crippen LogP contribution in [0.5, 0.6) is 0 Å². The molecule has 0 aliphatic carbocycles. The Kier molecular flexibility index (Phi) is 10.4. The molecular formula is C15H28N2O. The van der Waals surface area contributed by atoms with Crippen LogP contribution in [-0.4, -0.2) is 31.3 Å². The molecule has 1 aromatic rings. The van der Waals surface area contributed by atoms with E-state index in [1.54, 1.807) is 0 Å². The molecule has 1 aliphatic heterocycles. The summed E-state index contributed by atoms with van der Waals surface area (Å²) in [5.41, 5.74) is 2.42. The van der Waals surface area contributed by atoms with E-state index < -0.39 is 0 Å². The number of anilines is 1. The molecule has 1 aliphatic rings. The van der Waals surface area contributed by atoms with Crippen LogP contribution in [0.15, 0.2) is 18.5 Å². The molecule has 2 heterocycles. The van der Waals surface area contributed by atoms with E-state index in [1.165, 1.54) is 17.7 Å². The van der Waals surface area contributed by atoms with Crippen LogP contribution in [0.1, 0.15) is 39.7 Å². The zero-order valence-electron chi connectivity index (χ0n) is 12.6. The quantitative estimate of drug-likeness (QED) is 0.762. The fourth-order valence-electron chi connectivity index (χ4n) is 1.53. The molecule has 1 fully saturated rings. The van der Waals surface area contributed by atoms with E-state index in [2.05, 4.69) is 36.7 Å². The summed E-state index contributed by atoms with van der Waals surface area (Å²) >= 11 is 0. The van der Waals surface area contributed by atoms with Crippen LogP contribution < -0.4 is 4.90 Å². The third-order valence-electron chi connectivity index (χ3n) is 2.24. The Labute approximate surface area is 112 Å². The number of aryl methyl sites for hydroxylation is 1. The van der Waals surface area contributed by atoms with E-state index in [4.69, 9.17) is 4.74 Å². The largest absolute Gasteiger partial charge is 0.378 e. The Balaban J connectivity index is 0.000000509. The molecule has 0 amide bonds. The average molecular weight is 252 g/mol. The lowest BCUT2D eigenvalue weighted by Gasteiger charge is -2.28. The van der Waals surface area contributed by atoms with Crippen molar-refractivity contribution in [3.8, 4) is 0 Å². The van der Waals surface area contributed by atoms with Crippen molar-refractivity contribution in [2.75, 3.05) is 31.2 Å². The van der Waals surface area contributed by atoms with Crippen molar-refractivity contribution in [3.05, 3.63) is 24.0 Å². The molecule has 0 spiro atoms. The number of morpholine rings is 1. The van der Waals surface area contributed by atoms with E-state index in [-0.39, 0.29) is 0 Å². The highest BCUT2D eigenvalue weighted by molar-refractivity contribution is 5.46. The second-order valence-electron chi connectivity index (χ2n) is 4.03. The van der Waals surface area contributed by atoms with Gasteiger partial charge in [0.05, 0.1) is 25.1 Å². The molecule has 0 unspecified atom stereocenters. The maximum absolute atomic E-state index is 5.29. The summed E-state index contributed by atoms with van der Waals surface area (Å²) in [4.78, 5) is 6.49. The van der Waals surface area contributed by atoms with Gasteiger partial charge in [-0.05, 0) is 18.6 Å². The second-order valence-corrected chi connectivity index (χ2v) is 4.03. The van der Waals surface area contributed by atoms with Gasteiger partial charge in [0.25, 0.3) is 0 Å². The number of pyridine rings is 1. The van der Waals surface area contributed by atoms with Crippen LogP contribution in [0.25, 0.3) is 0 Å². The summed E-state index contributed by atoms with van der Waals surface area (Å²) in [5, 5.41) is 0. The number of aromatic nitrogens is 1. The van der Waals surface area contributed by atoms with Gasteiger partial charge in [-0.3, -0.25) is 4.98 Å². The monoisotopic (exact) mass is 252 g/mol. The third-order valence-corrected chi connectivity index (χ3v) is 2.24. The van der Waals surface area contributed by atoms with Gasteiger partial charge in [0.15, 0.2) is 0 Å². The topological polar surface area (TPSA) is 25.4 Å². The number of ether oxygens (including phenoxy) is 1. The lowest BCUT2D eigenvalue weighted by molar-refractivity contribution is 0.122. The highest BCUT2D eigenvalue weighted by Crippen LogP contribution is 2.14. The van der Waals surface area contributed by atoms with Gasteiger partial charge in [-0.25, -0.2) is 0 Å². The van der Waals surface area contributed by atoms with Crippen LogP contribution >= 0.6 is 0 Å². The van der Waals surface area contributed by atoms with Crippen LogP contribution in [0.4, 0.5) is 5.69 Å². The van der Waals surface area contributed by atoms with E-state index in [0.29, 0.717) is 0 Å². The predicted molar refractivity (Wildman–Crippen MR) is 79.3 cm³/mol. The summed E-state index contributed by atoms with van der Waals surface area (Å²) in [5.74, 6) is 0. The van der Waals surface area contributed by atoms with Crippen LogP contribution in [0, 0.1) is 6.92 Å². The number of nitrogens with zero attached hydrogens (tertiary/aromatic N) is 2. The SMILES string of the molecule is CC.CCC.Cc1cncc(N2CCOCC2)c1. The molecule has 0 atom stereocenters. The van der Waals surface area contributed by atoms with Gasteiger partial charge in [0, 0.05) is 19.3 Å². The van der Waals surface area contributed by atoms with Crippen molar-refractivity contribution >= 4 is 5.69 Å². The van der Waals surface area contributed by atoms with Crippen molar-refractivity contribution < 1.29 is 4.74 Å². The molecule has 3 nitrogen and oxygen atoms in total. The minimum absolute atomic E-state index is 0.827. The van der Waals surface area contributed by atoms with Crippen molar-refractivity contribution in [2.24, 2.45) is 0 Å². The first kappa shape index (κ1) is 16.9. The Morgan fingerprint density at radius 2 is 1.72 bits per heavy atom. The molecule has 1 aromatic heterocycles. The number of hydrogen-bond acceptors (Lipinski definition) is 3. The van der Waals surface area contributed by atoms with Crippen LogP contribution in [-0.2, 0) is 4.74 Å². The van der Waals surface area contributed by atoms with Gasteiger partial charge in [0.1, 0.15) is 0 Å². The lowest BCUT2D eigenvalue weighted by atomic mass is 10.2. The van der Waals surface area contributed by atoms with Gasteiger partial charge in [-0.2, -0.15) is 0 Å². The maximum Gasteiger partial charge on any atom is 0.0642 e. The summed E-state index contributed by atoms with van der Waals surface area (Å²) < 4.78 is 5.29. The zero-order valence-corrected chi connectivity index (χ0v) is 12.6. The molecule has 0 N–H and O–H groups in total. The minimum Gasteiger partial charge on any atom is -0.378 e. The molecule has 104 valence electrons. The molecule has 2 rings (SSSR count). The molecule has 0 saturated carbocycles. The van der Waals surface area contributed by atoms with Gasteiger partial charge < -0.3 is 9.64 Å². The molecular weight excluding hydrogens is 224 g/mol. The highest BCUT2D eigenvalue weighted by atomic mass is 16.5. The van der Waals surface area contributed by atoms with Gasteiger partial charge in [0.2, 0.25) is 0 Å². The summed E-state index contributed by atoms with van der Waals surface area (Å²) in [6, 6.07) is 2.16. The Bertz CT molecular complexity index is 296. The van der Waals surface area contributed by atoms with E-state index in [0.717, 1.165) is 26.3 Å². The predicted octanol–water partition coefficient (Wildman–Crippen LogP) is 3.67. The van der Waals surface area contributed by atoms with Crippen molar-refractivity contribution in [1.82, 2.24) is 4.98 Å². The molecule has 0 aromatic carbocycles. The van der Waals surface area contributed by atoms with Gasteiger partial charge in [-0.15, -0.1) is 0 Å². The Morgan fingerprint density at radius 1 is 1.17 bits per heavy atom. The first-order valence-corrected chi connectivity index (χ1v) is 7.02. The number of hydrogen-bond donors (Lipinski definition) is 0. The fourth-order valence-corrected chi connectivity index (χ4v) is 1.53. The lowest BCUT2D eigenvalue weighted by Crippen LogP contribution is -2.36. The third kappa shape index (κ3) is 6.60. The maximum atomic E-state index is 5.29. The molecule has 0 radical (unpaired) electrons. The van der Waals surface area contributed by atoms with Gasteiger partial charge in [-0.1, -0.05) is 34.1 Å². The minimum atomic E-state index is 0.827. The van der Waals surface area contributed by atoms with E-state index >= 15 is 0 Å². The molecule has 0 bridgehead atoms. The first-order valence-electron chi connectivity index (χ1n) is 7.02. The van der Waals surface area contributed by atoms with E-state index in [1.807, 2.05) is 26.2 Å². The smallest absolute Gasteiger partial charge is 0.0642 e. The summed E-state index contributed by atoms with van der Waals surface area (Å²) in [6.45, 7) is 13.9. The average Bonchev–Trinajstić information content (AvgIpc) is 2.43. The van der Waals surface area contributed by atoms with E-state index in [9.17, 15) is 0 Å². The molecule has 18 heavy (non-hydrogen) atoms. The summed E-state index contributed by atoms with van der Waals surface area (Å²) in [7, 11) is 0. The molecule has 3 heteroatoms. The Morgan fingerprint density at radius 3 is 2.22 bits per heavy atom. The normalized spacial score (nSPS) is 13.9. The second kappa shape index (κ2) is 11.0. The first-order chi connectivity index (χ1) is 8.77. The summed E-state index contributed by atoms with van der Waals surface area (Å²) in [6.07, 6.45) is 5.04. The van der Waals surface area contributed by atoms with Crippen LogP contribution in [0.3, 0.4) is 0 Å². The fraction of sp³-hybridized carbons (Fsp3) is 0.667. The van der Waals surface area contributed by atoms with Crippen molar-refractivity contribution in [2.45, 2.75) is 41.0 Å². The van der Waals surface area contributed by atoms with Crippen molar-refractivity contribution in [3.63, 3.8) is 0 Å². The molecule has 1 saturated heterocycles. The standard InChI is InChI=1S/C10H14N2O.C3H8.C2H6/c1-9-6-10(8-11-7-9)12-2-4-13-5-3-12;1-3-2;1-2/h6-8H,2-5H2,1H3;3H2,1-2H3;1-2H3. The number of rotatable bonds is 1. The van der Waals surface area contributed by atoms with Crippen LogP contribution in [0.2, 0.25) is 0 Å². The van der Waals surface area contributed by atoms with Crippen molar-refractivity contribution in [1.29, 1.82) is 0 Å². The van der Waals surface area contributed by atoms with Gasteiger partial charge >= 0.3 is 0 Å². The highest BCUT2D eigenvalue weighted by Gasteiger charge is 2.10. The zero-order chi connectivity index (χ0) is 13.8. The Hall–Kier alpha value is -1.09.